The van der Waals surface area contributed by atoms with Crippen LogP contribution in [0.3, 0.4) is 0 Å². The maximum absolute atomic E-state index is 12.1. The Balaban J connectivity index is 1.90. The van der Waals surface area contributed by atoms with E-state index in [2.05, 4.69) is 6.58 Å². The molecule has 1 aliphatic heterocycles. The molecule has 0 aromatic carbocycles. The SMILES string of the molecule is C=C1CC2OC(=O)C(COC)C2CC2C1C(OC(C)=O)CC2(C)O. The maximum Gasteiger partial charge on any atom is 0.312 e. The molecule has 6 nitrogen and oxygen atoms in total. The molecule has 0 amide bonds. The minimum atomic E-state index is -0.966. The third-order valence-corrected chi connectivity index (χ3v) is 5.94. The molecule has 2 aliphatic carbocycles. The second-order valence-corrected chi connectivity index (χ2v) is 7.64. The van der Waals surface area contributed by atoms with Crippen LogP contribution in [0.2, 0.25) is 0 Å². The minimum absolute atomic E-state index is 0.00764. The van der Waals surface area contributed by atoms with Crippen molar-refractivity contribution in [3.05, 3.63) is 12.2 Å². The summed E-state index contributed by atoms with van der Waals surface area (Å²) in [6.07, 6.45) is 0.974. The zero-order valence-corrected chi connectivity index (χ0v) is 14.5. The quantitative estimate of drug-likeness (QED) is 0.620. The Morgan fingerprint density at radius 1 is 1.50 bits per heavy atom. The van der Waals surface area contributed by atoms with Gasteiger partial charge in [0.25, 0.3) is 0 Å². The summed E-state index contributed by atoms with van der Waals surface area (Å²) in [5, 5.41) is 10.9. The lowest BCUT2D eigenvalue weighted by atomic mass is 9.77. The van der Waals surface area contributed by atoms with Crippen molar-refractivity contribution in [3.63, 3.8) is 0 Å². The molecule has 134 valence electrons. The van der Waals surface area contributed by atoms with Crippen molar-refractivity contribution >= 4 is 11.9 Å². The first kappa shape index (κ1) is 17.4. The van der Waals surface area contributed by atoms with Gasteiger partial charge in [0, 0.05) is 38.7 Å². The molecule has 6 heteroatoms. The number of hydrogen-bond donors (Lipinski definition) is 1. The lowest BCUT2D eigenvalue weighted by molar-refractivity contribution is -0.148. The van der Waals surface area contributed by atoms with E-state index in [9.17, 15) is 14.7 Å². The van der Waals surface area contributed by atoms with Crippen LogP contribution in [0.15, 0.2) is 12.2 Å². The molecule has 7 atom stereocenters. The van der Waals surface area contributed by atoms with Crippen molar-refractivity contribution in [1.29, 1.82) is 0 Å². The predicted molar refractivity (Wildman–Crippen MR) is 84.9 cm³/mol. The molecule has 1 N–H and O–H groups in total. The van der Waals surface area contributed by atoms with Gasteiger partial charge in [-0.05, 0) is 19.3 Å². The van der Waals surface area contributed by atoms with Gasteiger partial charge >= 0.3 is 11.9 Å². The summed E-state index contributed by atoms with van der Waals surface area (Å²) >= 11 is 0. The van der Waals surface area contributed by atoms with Gasteiger partial charge in [0.15, 0.2) is 0 Å². The fourth-order valence-electron chi connectivity index (χ4n) is 4.93. The Bertz CT molecular complexity index is 554. The molecule has 0 radical (unpaired) electrons. The maximum atomic E-state index is 12.1. The van der Waals surface area contributed by atoms with E-state index in [1.807, 2.05) is 0 Å². The number of methoxy groups -OCH3 is 1. The number of esters is 2. The van der Waals surface area contributed by atoms with Gasteiger partial charge in [0.05, 0.1) is 18.1 Å². The van der Waals surface area contributed by atoms with Gasteiger partial charge in [-0.1, -0.05) is 12.2 Å². The first-order chi connectivity index (χ1) is 11.2. The van der Waals surface area contributed by atoms with E-state index in [0.717, 1.165) is 5.57 Å². The molecule has 2 saturated carbocycles. The van der Waals surface area contributed by atoms with Crippen molar-refractivity contribution in [1.82, 2.24) is 0 Å². The third-order valence-electron chi connectivity index (χ3n) is 5.94. The van der Waals surface area contributed by atoms with Crippen LogP contribution in [0.4, 0.5) is 0 Å². The van der Waals surface area contributed by atoms with Crippen LogP contribution in [-0.2, 0) is 23.8 Å². The highest BCUT2D eigenvalue weighted by molar-refractivity contribution is 5.75. The molecule has 0 aromatic rings. The fraction of sp³-hybridized carbons (Fsp3) is 0.778. The normalized spacial score (nSPS) is 44.5. The van der Waals surface area contributed by atoms with Crippen molar-refractivity contribution in [2.75, 3.05) is 13.7 Å². The highest BCUT2D eigenvalue weighted by Gasteiger charge is 2.58. The van der Waals surface area contributed by atoms with Crippen LogP contribution in [0, 0.1) is 23.7 Å². The molecule has 0 spiro atoms. The van der Waals surface area contributed by atoms with Gasteiger partial charge < -0.3 is 19.3 Å². The van der Waals surface area contributed by atoms with E-state index in [4.69, 9.17) is 14.2 Å². The zero-order chi connectivity index (χ0) is 17.6. The van der Waals surface area contributed by atoms with E-state index in [0.29, 0.717) is 25.9 Å². The Morgan fingerprint density at radius 2 is 2.21 bits per heavy atom. The van der Waals surface area contributed by atoms with Crippen molar-refractivity contribution in [2.45, 2.75) is 50.9 Å². The number of carbonyl (C=O) groups excluding carboxylic acids is 2. The molecule has 3 fully saturated rings. The Labute approximate surface area is 142 Å². The first-order valence-corrected chi connectivity index (χ1v) is 8.51. The van der Waals surface area contributed by atoms with Crippen LogP contribution in [-0.4, -0.2) is 48.6 Å². The van der Waals surface area contributed by atoms with Crippen LogP contribution in [0.5, 0.6) is 0 Å². The van der Waals surface area contributed by atoms with Crippen LogP contribution >= 0.6 is 0 Å². The number of fused-ring (bicyclic) bond motifs is 2. The number of ether oxygens (including phenoxy) is 3. The van der Waals surface area contributed by atoms with E-state index in [1.54, 1.807) is 14.0 Å². The Hall–Kier alpha value is -1.40. The lowest BCUT2D eigenvalue weighted by Crippen LogP contribution is -2.35. The molecule has 3 rings (SSSR count). The standard InChI is InChI=1S/C18H26O6/c1-9-5-14-11(12(8-22-4)17(20)24-14)6-13-16(9)15(23-10(2)19)7-18(13,3)21/h11-16,21H,1,5-8H2,2-4H3. The van der Waals surface area contributed by atoms with E-state index in [1.165, 1.54) is 6.92 Å². The van der Waals surface area contributed by atoms with Gasteiger partial charge in [-0.2, -0.15) is 0 Å². The van der Waals surface area contributed by atoms with Gasteiger partial charge in [0.2, 0.25) is 0 Å². The van der Waals surface area contributed by atoms with E-state index in [-0.39, 0.29) is 47.8 Å². The zero-order valence-electron chi connectivity index (χ0n) is 14.5. The summed E-state index contributed by atoms with van der Waals surface area (Å²) in [6, 6.07) is 0. The van der Waals surface area contributed by atoms with E-state index >= 15 is 0 Å². The summed E-state index contributed by atoms with van der Waals surface area (Å²) in [5.41, 5.74) is -0.0753. The van der Waals surface area contributed by atoms with Gasteiger partial charge in [-0.3, -0.25) is 9.59 Å². The summed E-state index contributed by atoms with van der Waals surface area (Å²) in [5.74, 6) is -1.11. The lowest BCUT2D eigenvalue weighted by Gasteiger charge is -2.30. The average molecular weight is 338 g/mol. The van der Waals surface area contributed by atoms with Gasteiger partial charge in [0.1, 0.15) is 12.2 Å². The van der Waals surface area contributed by atoms with Crippen molar-refractivity contribution in [3.8, 4) is 0 Å². The molecule has 1 heterocycles. The predicted octanol–water partition coefficient (Wildman–Crippen LogP) is 1.46. The van der Waals surface area contributed by atoms with Gasteiger partial charge in [-0.25, -0.2) is 0 Å². The Kier molecular flexibility index (Phi) is 4.47. The largest absolute Gasteiger partial charge is 0.462 e. The molecule has 0 aromatic heterocycles. The van der Waals surface area contributed by atoms with E-state index < -0.39 is 5.60 Å². The summed E-state index contributed by atoms with van der Waals surface area (Å²) in [4.78, 5) is 23.6. The van der Waals surface area contributed by atoms with Crippen LogP contribution in [0.1, 0.15) is 33.1 Å². The molecular weight excluding hydrogens is 312 g/mol. The molecule has 24 heavy (non-hydrogen) atoms. The van der Waals surface area contributed by atoms with Gasteiger partial charge in [-0.15, -0.1) is 0 Å². The molecule has 1 saturated heterocycles. The van der Waals surface area contributed by atoms with Crippen LogP contribution < -0.4 is 0 Å². The molecular formula is C18H26O6. The minimum Gasteiger partial charge on any atom is -0.462 e. The molecule has 0 bridgehead atoms. The third kappa shape index (κ3) is 2.86. The van der Waals surface area contributed by atoms with Crippen LogP contribution in [0.25, 0.3) is 0 Å². The molecule has 3 aliphatic rings. The second-order valence-electron chi connectivity index (χ2n) is 7.64. The number of hydrogen-bond acceptors (Lipinski definition) is 6. The summed E-state index contributed by atoms with van der Waals surface area (Å²) in [6.45, 7) is 7.65. The number of aliphatic hydroxyl groups is 1. The second kappa shape index (κ2) is 6.15. The summed E-state index contributed by atoms with van der Waals surface area (Å²) in [7, 11) is 1.57. The highest BCUT2D eigenvalue weighted by atomic mass is 16.6. The fourth-order valence-corrected chi connectivity index (χ4v) is 4.93. The average Bonchev–Trinajstić information content (AvgIpc) is 2.80. The first-order valence-electron chi connectivity index (χ1n) is 8.51. The number of carbonyl (C=O) groups is 2. The van der Waals surface area contributed by atoms with Crippen molar-refractivity contribution < 1.29 is 28.9 Å². The summed E-state index contributed by atoms with van der Waals surface area (Å²) < 4.78 is 16.2. The Morgan fingerprint density at radius 3 is 2.83 bits per heavy atom. The topological polar surface area (TPSA) is 82.1 Å². The molecule has 7 unspecified atom stereocenters. The monoisotopic (exact) mass is 338 g/mol. The number of rotatable bonds is 3. The smallest absolute Gasteiger partial charge is 0.312 e. The highest BCUT2D eigenvalue weighted by Crippen LogP contribution is 2.54. The van der Waals surface area contributed by atoms with Crippen molar-refractivity contribution in [2.24, 2.45) is 23.7 Å².